The molecule has 0 bridgehead atoms. The molecule has 1 aliphatic carbocycles. The Hall–Kier alpha value is -1.39. The van der Waals surface area contributed by atoms with Crippen molar-refractivity contribution in [2.75, 3.05) is 0 Å². The molecule has 1 amide bonds. The number of carbonyl (C=O) groups excluding carboxylic acids is 1. The molecular formula is C17H24NO3. The highest BCUT2D eigenvalue weighted by molar-refractivity contribution is 5.76. The summed E-state index contributed by atoms with van der Waals surface area (Å²) in [5.41, 5.74) is 0.470. The average Bonchev–Trinajstić information content (AvgIpc) is 3.19. The highest BCUT2D eigenvalue weighted by Crippen LogP contribution is 2.29. The van der Waals surface area contributed by atoms with E-state index in [1.165, 1.54) is 0 Å². The number of aliphatic hydroxyl groups excluding tert-OH is 1. The molecule has 1 fully saturated rings. The minimum atomic E-state index is -0.887. The van der Waals surface area contributed by atoms with E-state index in [2.05, 4.69) is 5.32 Å². The van der Waals surface area contributed by atoms with Gasteiger partial charge in [-0.05, 0) is 39.2 Å². The van der Waals surface area contributed by atoms with Gasteiger partial charge in [0.05, 0.1) is 24.2 Å². The highest BCUT2D eigenvalue weighted by Gasteiger charge is 2.31. The van der Waals surface area contributed by atoms with Crippen molar-refractivity contribution in [2.45, 2.75) is 63.9 Å². The Labute approximate surface area is 126 Å². The maximum absolute atomic E-state index is 11.8. The fraction of sp³-hybridized carbons (Fsp3) is 0.588. The Balaban J connectivity index is 2.04. The smallest absolute Gasteiger partial charge is 0.244 e. The number of rotatable bonds is 6. The Kier molecular flexibility index (Phi) is 5.01. The van der Waals surface area contributed by atoms with Crippen LogP contribution < -0.4 is 5.32 Å². The van der Waals surface area contributed by atoms with Gasteiger partial charge >= 0.3 is 0 Å². The van der Waals surface area contributed by atoms with E-state index in [1.807, 2.05) is 51.1 Å². The van der Waals surface area contributed by atoms with Crippen LogP contribution in [0.2, 0.25) is 0 Å². The molecule has 0 saturated heterocycles. The zero-order valence-corrected chi connectivity index (χ0v) is 13.0. The zero-order chi connectivity index (χ0) is 15.5. The van der Waals surface area contributed by atoms with Gasteiger partial charge in [-0.3, -0.25) is 4.79 Å². The van der Waals surface area contributed by atoms with Crippen LogP contribution in [-0.2, 0) is 9.53 Å². The number of hydrogen-bond donors (Lipinski definition) is 1. The van der Waals surface area contributed by atoms with Gasteiger partial charge in [-0.2, -0.15) is 0 Å². The molecule has 1 saturated carbocycles. The van der Waals surface area contributed by atoms with Crippen molar-refractivity contribution in [1.82, 2.24) is 5.32 Å². The van der Waals surface area contributed by atoms with Crippen molar-refractivity contribution in [3.63, 3.8) is 0 Å². The van der Waals surface area contributed by atoms with E-state index in [9.17, 15) is 9.90 Å². The lowest BCUT2D eigenvalue weighted by atomic mass is 10.00. The third-order valence-corrected chi connectivity index (χ3v) is 3.22. The van der Waals surface area contributed by atoms with Crippen molar-refractivity contribution < 1.29 is 14.6 Å². The third-order valence-electron chi connectivity index (χ3n) is 3.22. The molecule has 0 aliphatic heterocycles. The topological polar surface area (TPSA) is 60.6 Å². The second-order valence-electron chi connectivity index (χ2n) is 6.59. The standard InChI is InChI=1S/C17H24NO3/c1-17(2,3)21-16(12-7-5-4-6-8-12)14(19)11-15(20)18-13-9-10-13/h4-8,13-14,16,19H,9-11H2,1-3H3. The van der Waals surface area contributed by atoms with Gasteiger partial charge in [0.15, 0.2) is 0 Å². The van der Waals surface area contributed by atoms with Gasteiger partial charge in [0.2, 0.25) is 5.91 Å². The van der Waals surface area contributed by atoms with Crippen LogP contribution in [0.3, 0.4) is 0 Å². The van der Waals surface area contributed by atoms with E-state index in [0.29, 0.717) is 0 Å². The lowest BCUT2D eigenvalue weighted by molar-refractivity contribution is -0.135. The average molecular weight is 290 g/mol. The minimum Gasteiger partial charge on any atom is -0.390 e. The fourth-order valence-corrected chi connectivity index (χ4v) is 2.14. The molecule has 1 radical (unpaired) electrons. The molecule has 4 nitrogen and oxygen atoms in total. The second-order valence-corrected chi connectivity index (χ2v) is 6.59. The number of aliphatic hydroxyl groups is 1. The number of nitrogens with zero attached hydrogens (tertiary/aromatic N) is 1. The number of carbonyl (C=O) groups is 1. The van der Waals surface area contributed by atoms with Crippen LogP contribution >= 0.6 is 0 Å². The largest absolute Gasteiger partial charge is 0.390 e. The maximum Gasteiger partial charge on any atom is 0.244 e. The Morgan fingerprint density at radius 2 is 1.95 bits per heavy atom. The van der Waals surface area contributed by atoms with Gasteiger partial charge in [0.1, 0.15) is 6.10 Å². The van der Waals surface area contributed by atoms with Crippen LogP contribution in [0, 0.1) is 0 Å². The van der Waals surface area contributed by atoms with Gasteiger partial charge in [0, 0.05) is 0 Å². The van der Waals surface area contributed by atoms with Gasteiger partial charge in [-0.25, -0.2) is 5.32 Å². The van der Waals surface area contributed by atoms with E-state index in [0.717, 1.165) is 18.4 Å². The molecule has 115 valence electrons. The number of amides is 1. The van der Waals surface area contributed by atoms with E-state index >= 15 is 0 Å². The van der Waals surface area contributed by atoms with Crippen LogP contribution in [0.5, 0.6) is 0 Å². The Bertz CT molecular complexity index is 463. The molecular weight excluding hydrogens is 266 g/mol. The molecule has 0 heterocycles. The van der Waals surface area contributed by atoms with Crippen LogP contribution in [0.15, 0.2) is 30.3 Å². The summed E-state index contributed by atoms with van der Waals surface area (Å²) in [7, 11) is 0. The first kappa shape index (κ1) is 16.0. The summed E-state index contributed by atoms with van der Waals surface area (Å²) in [5, 5.41) is 14.5. The number of benzene rings is 1. The Morgan fingerprint density at radius 1 is 1.33 bits per heavy atom. The summed E-state index contributed by atoms with van der Waals surface area (Å²) >= 11 is 0. The first-order valence-electron chi connectivity index (χ1n) is 7.49. The summed E-state index contributed by atoms with van der Waals surface area (Å²) in [6.07, 6.45) is 0.572. The monoisotopic (exact) mass is 290 g/mol. The number of hydrogen-bond acceptors (Lipinski definition) is 3. The molecule has 2 rings (SSSR count). The molecule has 1 aromatic carbocycles. The molecule has 0 aromatic heterocycles. The van der Waals surface area contributed by atoms with Crippen molar-refractivity contribution >= 4 is 5.91 Å². The fourth-order valence-electron chi connectivity index (χ4n) is 2.14. The first-order valence-corrected chi connectivity index (χ1v) is 7.49. The molecule has 0 spiro atoms. The van der Waals surface area contributed by atoms with E-state index in [1.54, 1.807) is 0 Å². The summed E-state index contributed by atoms with van der Waals surface area (Å²) in [6, 6.07) is 9.71. The van der Waals surface area contributed by atoms with Crippen molar-refractivity contribution in [3.8, 4) is 0 Å². The summed E-state index contributed by atoms with van der Waals surface area (Å²) in [4.78, 5) is 11.8. The molecule has 4 heteroatoms. The van der Waals surface area contributed by atoms with Gasteiger partial charge in [-0.1, -0.05) is 30.3 Å². The summed E-state index contributed by atoms with van der Waals surface area (Å²) in [5.74, 6) is -0.233. The van der Waals surface area contributed by atoms with Gasteiger partial charge in [-0.15, -0.1) is 0 Å². The number of ether oxygens (including phenoxy) is 1. The van der Waals surface area contributed by atoms with Gasteiger partial charge < -0.3 is 9.84 Å². The second kappa shape index (κ2) is 6.58. The molecule has 1 aliphatic rings. The van der Waals surface area contributed by atoms with E-state index in [4.69, 9.17) is 4.74 Å². The summed E-state index contributed by atoms with van der Waals surface area (Å²) < 4.78 is 5.96. The van der Waals surface area contributed by atoms with Gasteiger partial charge in [0.25, 0.3) is 0 Å². The van der Waals surface area contributed by atoms with Crippen molar-refractivity contribution in [2.24, 2.45) is 0 Å². The quantitative estimate of drug-likeness (QED) is 0.876. The molecule has 2 atom stereocenters. The molecule has 1 N–H and O–H groups in total. The van der Waals surface area contributed by atoms with E-state index < -0.39 is 17.8 Å². The summed E-state index contributed by atoms with van der Waals surface area (Å²) in [6.45, 7) is 5.81. The lowest BCUT2D eigenvalue weighted by Crippen LogP contribution is -2.33. The van der Waals surface area contributed by atoms with Crippen LogP contribution in [0.4, 0.5) is 0 Å². The molecule has 2 unspecified atom stereocenters. The zero-order valence-electron chi connectivity index (χ0n) is 13.0. The highest BCUT2D eigenvalue weighted by atomic mass is 16.5. The molecule has 1 aromatic rings. The van der Waals surface area contributed by atoms with Crippen molar-refractivity contribution in [1.29, 1.82) is 0 Å². The SMILES string of the molecule is CC(C)(C)OC(c1ccccc1)C(O)CC(=O)[N]C1CC1. The first-order chi connectivity index (χ1) is 9.85. The van der Waals surface area contributed by atoms with Crippen LogP contribution in [-0.4, -0.2) is 28.8 Å². The third kappa shape index (κ3) is 5.48. The van der Waals surface area contributed by atoms with Crippen molar-refractivity contribution in [3.05, 3.63) is 35.9 Å². The predicted octanol–water partition coefficient (Wildman–Crippen LogP) is 2.59. The molecule has 21 heavy (non-hydrogen) atoms. The minimum absolute atomic E-state index is 0.00609. The lowest BCUT2D eigenvalue weighted by Gasteiger charge is -2.31. The maximum atomic E-state index is 11.8. The predicted molar refractivity (Wildman–Crippen MR) is 80.8 cm³/mol. The van der Waals surface area contributed by atoms with Crippen LogP contribution in [0.1, 0.15) is 51.7 Å². The Morgan fingerprint density at radius 3 is 2.48 bits per heavy atom. The van der Waals surface area contributed by atoms with Crippen LogP contribution in [0.25, 0.3) is 0 Å². The normalized spacial score (nSPS) is 18.1. The van der Waals surface area contributed by atoms with E-state index in [-0.39, 0.29) is 18.4 Å².